The number of methoxy groups -OCH3 is 1. The molecular formula is C6H13BrO. The molecule has 0 aromatic carbocycles. The molecule has 0 spiro atoms. The second-order valence-corrected chi connectivity index (χ2v) is 3.80. The van der Waals surface area contributed by atoms with Crippen LogP contribution in [0, 0.1) is 0 Å². The van der Waals surface area contributed by atoms with Gasteiger partial charge in [0.15, 0.2) is 0 Å². The van der Waals surface area contributed by atoms with Crippen LogP contribution < -0.4 is 0 Å². The first-order chi connectivity index (χ1) is 3.50. The number of hydrogen-bond donors (Lipinski definition) is 0. The first kappa shape index (κ1) is 8.44. The van der Waals surface area contributed by atoms with Crippen molar-refractivity contribution >= 4 is 15.9 Å². The van der Waals surface area contributed by atoms with Gasteiger partial charge in [0.1, 0.15) is 0 Å². The van der Waals surface area contributed by atoms with Crippen LogP contribution in [0.2, 0.25) is 0 Å². The summed E-state index contributed by atoms with van der Waals surface area (Å²) in [6, 6.07) is 0. The van der Waals surface area contributed by atoms with Gasteiger partial charge in [0.05, 0.1) is 5.60 Å². The van der Waals surface area contributed by atoms with E-state index in [1.54, 1.807) is 7.11 Å². The van der Waals surface area contributed by atoms with Gasteiger partial charge in [-0.2, -0.15) is 0 Å². The van der Waals surface area contributed by atoms with E-state index in [2.05, 4.69) is 22.9 Å². The fraction of sp³-hybridized carbons (Fsp3) is 1.00. The molecule has 8 heavy (non-hydrogen) atoms. The lowest BCUT2D eigenvalue weighted by Crippen LogP contribution is -2.31. The Labute approximate surface area is 59.5 Å². The fourth-order valence-corrected chi connectivity index (χ4v) is 0.349. The maximum atomic E-state index is 5.15. The van der Waals surface area contributed by atoms with E-state index in [4.69, 9.17) is 4.74 Å². The molecule has 0 aromatic heterocycles. The minimum absolute atomic E-state index is 0.0417. The summed E-state index contributed by atoms with van der Waals surface area (Å²) >= 11 is 3.43. The lowest BCUT2D eigenvalue weighted by atomic mass is 10.1. The highest BCUT2D eigenvalue weighted by molar-refractivity contribution is 9.09. The number of alkyl halides is 1. The van der Waals surface area contributed by atoms with Crippen molar-refractivity contribution in [1.29, 1.82) is 0 Å². The van der Waals surface area contributed by atoms with Gasteiger partial charge >= 0.3 is 0 Å². The topological polar surface area (TPSA) is 9.23 Å². The summed E-state index contributed by atoms with van der Waals surface area (Å²) in [6.07, 6.45) is 0. The Morgan fingerprint density at radius 3 is 1.88 bits per heavy atom. The summed E-state index contributed by atoms with van der Waals surface area (Å²) in [6.45, 7) is 6.17. The van der Waals surface area contributed by atoms with E-state index in [0.29, 0.717) is 4.83 Å². The second-order valence-electron chi connectivity index (χ2n) is 2.42. The van der Waals surface area contributed by atoms with Crippen molar-refractivity contribution in [3.63, 3.8) is 0 Å². The van der Waals surface area contributed by atoms with Crippen LogP contribution in [-0.4, -0.2) is 17.5 Å². The van der Waals surface area contributed by atoms with Gasteiger partial charge in [-0.25, -0.2) is 0 Å². The van der Waals surface area contributed by atoms with Crippen molar-refractivity contribution in [3.05, 3.63) is 0 Å². The van der Waals surface area contributed by atoms with Gasteiger partial charge in [-0.3, -0.25) is 0 Å². The highest BCUT2D eigenvalue weighted by atomic mass is 79.9. The van der Waals surface area contributed by atoms with Crippen molar-refractivity contribution in [2.45, 2.75) is 31.2 Å². The van der Waals surface area contributed by atoms with E-state index in [1.807, 2.05) is 13.8 Å². The standard InChI is InChI=1S/C6H13BrO/c1-5(7)6(2,3)8-4/h5H,1-4H3/t5-/m1/s1. The Morgan fingerprint density at radius 2 is 1.88 bits per heavy atom. The average Bonchev–Trinajstić information content (AvgIpc) is 1.67. The minimum atomic E-state index is -0.0417. The lowest BCUT2D eigenvalue weighted by Gasteiger charge is -2.25. The maximum absolute atomic E-state index is 5.15. The summed E-state index contributed by atoms with van der Waals surface area (Å²) in [4.78, 5) is 0.403. The molecule has 0 bridgehead atoms. The molecule has 0 saturated heterocycles. The highest BCUT2D eigenvalue weighted by Crippen LogP contribution is 2.19. The molecule has 0 aliphatic rings. The van der Waals surface area contributed by atoms with Crippen LogP contribution in [-0.2, 0) is 4.74 Å². The summed E-state index contributed by atoms with van der Waals surface area (Å²) in [7, 11) is 1.72. The Bertz CT molecular complexity index is 68.9. The van der Waals surface area contributed by atoms with Crippen LogP contribution in [0.1, 0.15) is 20.8 Å². The zero-order valence-electron chi connectivity index (χ0n) is 5.86. The van der Waals surface area contributed by atoms with Gasteiger partial charge < -0.3 is 4.74 Å². The van der Waals surface area contributed by atoms with Crippen LogP contribution >= 0.6 is 15.9 Å². The number of halogens is 1. The predicted molar refractivity (Wildman–Crippen MR) is 39.5 cm³/mol. The van der Waals surface area contributed by atoms with Crippen LogP contribution in [0.5, 0.6) is 0 Å². The average molecular weight is 181 g/mol. The number of hydrogen-bond acceptors (Lipinski definition) is 1. The molecule has 0 aliphatic heterocycles. The second kappa shape index (κ2) is 2.83. The summed E-state index contributed by atoms with van der Waals surface area (Å²) in [5.74, 6) is 0. The third kappa shape index (κ3) is 2.14. The molecule has 1 atom stereocenters. The fourth-order valence-electron chi connectivity index (χ4n) is 0.162. The van der Waals surface area contributed by atoms with E-state index < -0.39 is 0 Å². The van der Waals surface area contributed by atoms with Crippen molar-refractivity contribution in [1.82, 2.24) is 0 Å². The molecule has 0 aliphatic carbocycles. The molecule has 50 valence electrons. The molecule has 0 saturated carbocycles. The summed E-state index contributed by atoms with van der Waals surface area (Å²) < 4.78 is 5.15. The molecular weight excluding hydrogens is 168 g/mol. The van der Waals surface area contributed by atoms with E-state index in [9.17, 15) is 0 Å². The van der Waals surface area contributed by atoms with Crippen LogP contribution in [0.25, 0.3) is 0 Å². The Balaban J connectivity index is 3.71. The SMILES string of the molecule is COC(C)(C)[C@@H](C)Br. The molecule has 0 radical (unpaired) electrons. The third-order valence-electron chi connectivity index (χ3n) is 1.48. The first-order valence-corrected chi connectivity index (χ1v) is 3.61. The summed E-state index contributed by atoms with van der Waals surface area (Å²) in [5, 5.41) is 0. The molecule has 0 rings (SSSR count). The van der Waals surface area contributed by atoms with Crippen LogP contribution in [0.15, 0.2) is 0 Å². The molecule has 0 aromatic rings. The first-order valence-electron chi connectivity index (χ1n) is 2.70. The number of ether oxygens (including phenoxy) is 1. The van der Waals surface area contributed by atoms with E-state index in [1.165, 1.54) is 0 Å². The van der Waals surface area contributed by atoms with Crippen LogP contribution in [0.3, 0.4) is 0 Å². The van der Waals surface area contributed by atoms with Crippen molar-refractivity contribution in [2.24, 2.45) is 0 Å². The molecule has 2 heteroatoms. The van der Waals surface area contributed by atoms with Crippen molar-refractivity contribution in [3.8, 4) is 0 Å². The molecule has 0 amide bonds. The highest BCUT2D eigenvalue weighted by Gasteiger charge is 2.21. The van der Waals surface area contributed by atoms with E-state index in [0.717, 1.165) is 0 Å². The van der Waals surface area contributed by atoms with Crippen molar-refractivity contribution in [2.75, 3.05) is 7.11 Å². The third-order valence-corrected chi connectivity index (χ3v) is 2.59. The van der Waals surface area contributed by atoms with Gasteiger partial charge in [0.25, 0.3) is 0 Å². The normalized spacial score (nSPS) is 16.1. The van der Waals surface area contributed by atoms with Gasteiger partial charge in [-0.05, 0) is 20.8 Å². The number of rotatable bonds is 2. The molecule has 0 fully saturated rings. The van der Waals surface area contributed by atoms with Gasteiger partial charge in [0.2, 0.25) is 0 Å². The van der Waals surface area contributed by atoms with Gasteiger partial charge in [0, 0.05) is 11.9 Å². The minimum Gasteiger partial charge on any atom is -0.378 e. The smallest absolute Gasteiger partial charge is 0.0744 e. The Kier molecular flexibility index (Phi) is 2.99. The molecule has 0 heterocycles. The van der Waals surface area contributed by atoms with E-state index in [-0.39, 0.29) is 5.60 Å². The Morgan fingerprint density at radius 1 is 1.50 bits per heavy atom. The molecule has 1 nitrogen and oxygen atoms in total. The van der Waals surface area contributed by atoms with Gasteiger partial charge in [-0.1, -0.05) is 15.9 Å². The zero-order valence-corrected chi connectivity index (χ0v) is 7.45. The predicted octanol–water partition coefficient (Wildman–Crippen LogP) is 2.19. The molecule has 0 N–H and O–H groups in total. The lowest BCUT2D eigenvalue weighted by molar-refractivity contribution is 0.0261. The quantitative estimate of drug-likeness (QED) is 0.593. The zero-order chi connectivity index (χ0) is 6.78. The summed E-state index contributed by atoms with van der Waals surface area (Å²) in [5.41, 5.74) is -0.0417. The largest absolute Gasteiger partial charge is 0.378 e. The Hall–Kier alpha value is 0.440. The monoisotopic (exact) mass is 180 g/mol. The maximum Gasteiger partial charge on any atom is 0.0744 e. The van der Waals surface area contributed by atoms with Crippen LogP contribution in [0.4, 0.5) is 0 Å². The molecule has 0 unspecified atom stereocenters. The van der Waals surface area contributed by atoms with E-state index >= 15 is 0 Å². The van der Waals surface area contributed by atoms with Crippen molar-refractivity contribution < 1.29 is 4.74 Å². The van der Waals surface area contributed by atoms with Gasteiger partial charge in [-0.15, -0.1) is 0 Å².